The van der Waals surface area contributed by atoms with Gasteiger partial charge in [-0.1, -0.05) is 64.8 Å². The van der Waals surface area contributed by atoms with Crippen LogP contribution in [-0.4, -0.2) is 97.9 Å². The highest BCUT2D eigenvalue weighted by molar-refractivity contribution is 7.17. The predicted molar refractivity (Wildman–Crippen MR) is 174 cm³/mol. The zero-order valence-electron chi connectivity index (χ0n) is 27.5. The van der Waals surface area contributed by atoms with Crippen molar-refractivity contribution in [2.75, 3.05) is 34.9 Å². The van der Waals surface area contributed by atoms with E-state index in [2.05, 4.69) is 40.2 Å². The Morgan fingerprint density at radius 1 is 1.12 bits per heavy atom. The Morgan fingerprint density at radius 2 is 1.77 bits per heavy atom. The first-order valence-corrected chi connectivity index (χ1v) is 16.5. The van der Waals surface area contributed by atoms with Gasteiger partial charge in [0.05, 0.1) is 30.6 Å². The van der Waals surface area contributed by atoms with Gasteiger partial charge >= 0.3 is 5.97 Å². The van der Waals surface area contributed by atoms with Crippen LogP contribution in [0, 0.1) is 11.8 Å². The molecule has 0 aliphatic carbocycles. The molecule has 0 spiro atoms. The number of aliphatic carboxylic acids is 1. The van der Waals surface area contributed by atoms with Crippen molar-refractivity contribution in [1.29, 1.82) is 0 Å². The van der Waals surface area contributed by atoms with E-state index < -0.39 is 29.9 Å². The Balaban J connectivity index is 2.12. The number of carbonyl (C=O) groups excluding carboxylic acids is 2. The lowest BCUT2D eigenvalue weighted by atomic mass is 9.90. The Kier molecular flexibility index (Phi) is 15.6. The van der Waals surface area contributed by atoms with Gasteiger partial charge in [0.2, 0.25) is 11.8 Å². The first-order chi connectivity index (χ1) is 20.4. The quantitative estimate of drug-likeness (QED) is 0.232. The molecule has 2 amide bonds. The van der Waals surface area contributed by atoms with Gasteiger partial charge in [-0.3, -0.25) is 9.59 Å². The number of nitrogens with one attached hydrogen (secondary N) is 1. The number of ether oxygens (including phenoxy) is 2. The molecule has 2 rings (SSSR count). The molecule has 10 heteroatoms. The van der Waals surface area contributed by atoms with Crippen LogP contribution in [0.4, 0.5) is 0 Å². The Hall–Kier alpha value is -2.06. The van der Waals surface area contributed by atoms with E-state index in [4.69, 9.17) is 9.47 Å². The molecule has 1 aliphatic heterocycles. The van der Waals surface area contributed by atoms with E-state index >= 15 is 0 Å². The third kappa shape index (κ3) is 10.2. The van der Waals surface area contributed by atoms with Crippen LogP contribution in [0.15, 0.2) is 24.3 Å². The third-order valence-corrected chi connectivity index (χ3v) is 9.84. The number of rotatable bonds is 18. The molecule has 9 nitrogen and oxygen atoms in total. The van der Waals surface area contributed by atoms with Crippen molar-refractivity contribution in [2.24, 2.45) is 11.8 Å². The SMILES string of the molecule is CCCC(P)c1ccc(C[C@H](NC(=O)[C@H](C)[C@@H](OC)[C@@H]2CCCN2C(=O)C[C@@H](OC)C([C@@H](C)CC)N(C)C)C(=O)O)cc1. The number of carbonyl (C=O) groups is 3. The Morgan fingerprint density at radius 3 is 2.28 bits per heavy atom. The second-order valence-corrected chi connectivity index (χ2v) is 13.1. The van der Waals surface area contributed by atoms with Gasteiger partial charge in [-0.25, -0.2) is 4.79 Å². The monoisotopic (exact) mass is 621 g/mol. The van der Waals surface area contributed by atoms with Crippen molar-refractivity contribution < 1.29 is 29.0 Å². The number of nitrogens with zero attached hydrogens (tertiary/aromatic N) is 2. The summed E-state index contributed by atoms with van der Waals surface area (Å²) in [6.07, 6.45) is 4.23. The molecule has 2 N–H and O–H groups in total. The minimum Gasteiger partial charge on any atom is -0.480 e. The van der Waals surface area contributed by atoms with Gasteiger partial charge in [0.1, 0.15) is 6.04 Å². The van der Waals surface area contributed by atoms with Crippen molar-refractivity contribution >= 4 is 27.0 Å². The molecule has 1 aliphatic rings. The van der Waals surface area contributed by atoms with Crippen molar-refractivity contribution in [1.82, 2.24) is 15.1 Å². The van der Waals surface area contributed by atoms with E-state index in [-0.39, 0.29) is 36.9 Å². The Labute approximate surface area is 261 Å². The number of benzene rings is 1. The molecule has 1 aromatic carbocycles. The van der Waals surface area contributed by atoms with Crippen LogP contribution in [0.3, 0.4) is 0 Å². The van der Waals surface area contributed by atoms with Gasteiger partial charge in [0.25, 0.3) is 0 Å². The fourth-order valence-corrected chi connectivity index (χ4v) is 7.04. The van der Waals surface area contributed by atoms with Crippen molar-refractivity contribution in [3.8, 4) is 0 Å². The number of likely N-dealkylation sites (N-methyl/N-ethyl adjacent to an activating group) is 1. The Bertz CT molecular complexity index is 1020. The van der Waals surface area contributed by atoms with E-state index in [0.717, 1.165) is 31.2 Å². The van der Waals surface area contributed by atoms with Crippen molar-refractivity contribution in [3.63, 3.8) is 0 Å². The predicted octanol–water partition coefficient (Wildman–Crippen LogP) is 4.54. The first kappa shape index (κ1) is 37.1. The van der Waals surface area contributed by atoms with Crippen LogP contribution in [0.1, 0.15) is 83.0 Å². The molecular weight excluding hydrogens is 565 g/mol. The molecular formula is C33H56N3O6P. The molecule has 0 saturated carbocycles. The van der Waals surface area contributed by atoms with Crippen molar-refractivity contribution in [2.45, 2.75) is 109 Å². The smallest absolute Gasteiger partial charge is 0.326 e. The number of likely N-dealkylation sites (tertiary alicyclic amines) is 1. The van der Waals surface area contributed by atoms with Crippen molar-refractivity contribution in [3.05, 3.63) is 35.4 Å². The highest BCUT2D eigenvalue weighted by Crippen LogP contribution is 2.30. The molecule has 0 aromatic heterocycles. The van der Waals surface area contributed by atoms with Gasteiger partial charge in [-0.15, -0.1) is 9.24 Å². The number of amides is 2. The van der Waals surface area contributed by atoms with Crippen LogP contribution < -0.4 is 5.32 Å². The highest BCUT2D eigenvalue weighted by atomic mass is 31.0. The molecule has 244 valence electrons. The summed E-state index contributed by atoms with van der Waals surface area (Å²) in [7, 11) is 10.1. The molecule has 1 saturated heterocycles. The standard InChI is InChI=1S/C33H56N3O6P/c1-9-12-28(43)24-16-14-23(15-17-24)19-25(33(39)40)34-32(38)22(4)31(42-8)26-13-11-18-36(26)29(37)20-27(41-7)30(35(5)6)21(3)10-2/h14-17,21-22,25-28,30-31H,9-13,18-20,43H2,1-8H3,(H,34,38)(H,39,40)/t21-,22+,25-,26-,27+,28?,30?,31+/m0/s1. The van der Waals surface area contributed by atoms with E-state index in [1.54, 1.807) is 21.1 Å². The lowest BCUT2D eigenvalue weighted by Gasteiger charge is -2.38. The van der Waals surface area contributed by atoms with Gasteiger partial charge < -0.3 is 29.7 Å². The summed E-state index contributed by atoms with van der Waals surface area (Å²) < 4.78 is 11.7. The molecule has 3 unspecified atom stereocenters. The van der Waals surface area contributed by atoms with Crippen LogP contribution in [0.2, 0.25) is 0 Å². The number of methoxy groups -OCH3 is 2. The number of hydrogen-bond acceptors (Lipinski definition) is 6. The summed E-state index contributed by atoms with van der Waals surface area (Å²) >= 11 is 0. The molecule has 1 aromatic rings. The highest BCUT2D eigenvalue weighted by Gasteiger charge is 2.41. The zero-order valence-corrected chi connectivity index (χ0v) is 28.7. The third-order valence-electron chi connectivity index (χ3n) is 9.12. The van der Waals surface area contributed by atoms with Gasteiger partial charge in [-0.2, -0.15) is 0 Å². The van der Waals surface area contributed by atoms with E-state index in [1.165, 1.54) is 5.56 Å². The van der Waals surface area contributed by atoms with Gasteiger partial charge in [-0.05, 0) is 56.1 Å². The van der Waals surface area contributed by atoms with E-state index in [0.29, 0.717) is 24.5 Å². The maximum atomic E-state index is 13.6. The average molecular weight is 622 g/mol. The lowest BCUT2D eigenvalue weighted by Crippen LogP contribution is -2.53. The maximum Gasteiger partial charge on any atom is 0.326 e. The second kappa shape index (κ2) is 18.0. The van der Waals surface area contributed by atoms with Crippen LogP contribution in [0.5, 0.6) is 0 Å². The summed E-state index contributed by atoms with van der Waals surface area (Å²) in [4.78, 5) is 43.2. The van der Waals surface area contributed by atoms with E-state index in [9.17, 15) is 19.5 Å². The van der Waals surface area contributed by atoms with Crippen LogP contribution in [-0.2, 0) is 30.3 Å². The topological polar surface area (TPSA) is 108 Å². The molecule has 1 heterocycles. The summed E-state index contributed by atoms with van der Waals surface area (Å²) in [6.45, 7) is 8.80. The normalized spacial score (nSPS) is 20.2. The number of carboxylic acids is 1. The molecule has 43 heavy (non-hydrogen) atoms. The molecule has 0 bridgehead atoms. The number of hydrogen-bond donors (Lipinski definition) is 2. The molecule has 0 radical (unpaired) electrons. The van der Waals surface area contributed by atoms with Gasteiger partial charge in [0, 0.05) is 33.2 Å². The minimum absolute atomic E-state index is 0.0160. The minimum atomic E-state index is -1.09. The molecule has 1 fully saturated rings. The first-order valence-electron chi connectivity index (χ1n) is 15.8. The summed E-state index contributed by atoms with van der Waals surface area (Å²) in [5.74, 6) is -1.82. The number of carboxylic acid groups (broad SMARTS) is 1. The maximum absolute atomic E-state index is 13.6. The van der Waals surface area contributed by atoms with Crippen LogP contribution >= 0.6 is 9.24 Å². The average Bonchev–Trinajstić information content (AvgIpc) is 3.46. The van der Waals surface area contributed by atoms with Gasteiger partial charge in [0.15, 0.2) is 0 Å². The van der Waals surface area contributed by atoms with E-state index in [1.807, 2.05) is 43.3 Å². The fourth-order valence-electron chi connectivity index (χ4n) is 6.49. The summed E-state index contributed by atoms with van der Waals surface area (Å²) in [6, 6.07) is 6.65. The van der Waals surface area contributed by atoms with Crippen LogP contribution in [0.25, 0.3) is 0 Å². The summed E-state index contributed by atoms with van der Waals surface area (Å²) in [5, 5.41) is 12.7. The molecule has 9 atom stereocenters. The fraction of sp³-hybridized carbons (Fsp3) is 0.727. The lowest BCUT2D eigenvalue weighted by molar-refractivity contribution is -0.145. The zero-order chi connectivity index (χ0) is 32.3. The summed E-state index contributed by atoms with van der Waals surface area (Å²) in [5.41, 5.74) is 2.39. The largest absolute Gasteiger partial charge is 0.480 e. The second-order valence-electron chi connectivity index (χ2n) is 12.3.